The number of hydrogen-bond donors (Lipinski definition) is 1. The molecule has 0 aliphatic carbocycles. The topological polar surface area (TPSA) is 65.6 Å². The van der Waals surface area contributed by atoms with Crippen LogP contribution in [-0.2, 0) is 4.74 Å². The number of hydrogen-bond acceptors (Lipinski definition) is 4. The van der Waals surface area contributed by atoms with E-state index in [1.165, 1.54) is 7.11 Å². The van der Waals surface area contributed by atoms with E-state index in [2.05, 4.69) is 5.16 Å². The van der Waals surface area contributed by atoms with E-state index in [0.29, 0.717) is 18.6 Å². The SMILES string of the molecule is COC(CCC#N)C(C)=NO. The van der Waals surface area contributed by atoms with E-state index in [-0.39, 0.29) is 6.10 Å². The van der Waals surface area contributed by atoms with Gasteiger partial charge in [0.25, 0.3) is 0 Å². The fourth-order valence-electron chi connectivity index (χ4n) is 0.757. The van der Waals surface area contributed by atoms with Crippen molar-refractivity contribution in [2.45, 2.75) is 25.9 Å². The molecule has 4 nitrogen and oxygen atoms in total. The predicted molar refractivity (Wildman–Crippen MR) is 40.5 cm³/mol. The zero-order valence-electron chi connectivity index (χ0n) is 6.74. The number of ether oxygens (including phenoxy) is 1. The highest BCUT2D eigenvalue weighted by molar-refractivity contribution is 5.85. The normalized spacial score (nSPS) is 14.1. The van der Waals surface area contributed by atoms with Crippen LogP contribution >= 0.6 is 0 Å². The van der Waals surface area contributed by atoms with Crippen LogP contribution in [0.5, 0.6) is 0 Å². The molecule has 62 valence electrons. The van der Waals surface area contributed by atoms with Gasteiger partial charge in [-0.25, -0.2) is 0 Å². The zero-order valence-corrected chi connectivity index (χ0v) is 6.74. The predicted octanol–water partition coefficient (Wildman–Crippen LogP) is 1.16. The summed E-state index contributed by atoms with van der Waals surface area (Å²) in [7, 11) is 1.52. The minimum Gasteiger partial charge on any atom is -0.411 e. The monoisotopic (exact) mass is 156 g/mol. The molecule has 0 amide bonds. The second-order valence-electron chi connectivity index (χ2n) is 2.16. The standard InChI is InChI=1S/C7H12N2O2/c1-6(9-10)7(11-2)4-3-5-8/h7,10H,3-4H2,1-2H3. The molecule has 0 saturated carbocycles. The summed E-state index contributed by atoms with van der Waals surface area (Å²) in [5.74, 6) is 0. The van der Waals surface area contributed by atoms with Crippen LogP contribution in [0.4, 0.5) is 0 Å². The van der Waals surface area contributed by atoms with Crippen LogP contribution in [0.3, 0.4) is 0 Å². The van der Waals surface area contributed by atoms with Gasteiger partial charge in [-0.1, -0.05) is 5.16 Å². The first-order valence-corrected chi connectivity index (χ1v) is 3.34. The van der Waals surface area contributed by atoms with Crippen LogP contribution in [0, 0.1) is 11.3 Å². The Morgan fingerprint density at radius 3 is 2.82 bits per heavy atom. The van der Waals surface area contributed by atoms with Crippen molar-refractivity contribution < 1.29 is 9.94 Å². The Hall–Kier alpha value is -1.08. The van der Waals surface area contributed by atoms with Crippen molar-refractivity contribution in [1.29, 1.82) is 5.26 Å². The number of oxime groups is 1. The molecule has 0 spiro atoms. The van der Waals surface area contributed by atoms with Gasteiger partial charge in [0.05, 0.1) is 17.9 Å². The number of nitriles is 1. The summed E-state index contributed by atoms with van der Waals surface area (Å²) in [6, 6.07) is 1.99. The second-order valence-corrected chi connectivity index (χ2v) is 2.16. The Kier molecular flexibility index (Phi) is 5.13. The molecule has 0 fully saturated rings. The third-order valence-corrected chi connectivity index (χ3v) is 1.43. The molecule has 0 aromatic carbocycles. The summed E-state index contributed by atoms with van der Waals surface area (Å²) in [5, 5.41) is 19.6. The van der Waals surface area contributed by atoms with E-state index in [1.807, 2.05) is 6.07 Å². The average molecular weight is 156 g/mol. The fourth-order valence-corrected chi connectivity index (χ4v) is 0.757. The lowest BCUT2D eigenvalue weighted by Crippen LogP contribution is -2.19. The zero-order chi connectivity index (χ0) is 8.69. The molecule has 11 heavy (non-hydrogen) atoms. The van der Waals surface area contributed by atoms with E-state index in [0.717, 1.165) is 0 Å². The molecule has 0 rings (SSSR count). The van der Waals surface area contributed by atoms with Crippen LogP contribution in [0.2, 0.25) is 0 Å². The highest BCUT2D eigenvalue weighted by Gasteiger charge is 2.10. The van der Waals surface area contributed by atoms with Crippen LogP contribution in [0.25, 0.3) is 0 Å². The molecule has 0 aliphatic rings. The summed E-state index contributed by atoms with van der Waals surface area (Å²) in [5.41, 5.74) is 0.503. The number of methoxy groups -OCH3 is 1. The first-order chi connectivity index (χ1) is 5.26. The van der Waals surface area contributed by atoms with E-state index in [4.69, 9.17) is 15.2 Å². The summed E-state index contributed by atoms with van der Waals surface area (Å²) in [6.45, 7) is 1.66. The molecule has 0 aromatic rings. The number of nitrogens with zero attached hydrogens (tertiary/aromatic N) is 2. The van der Waals surface area contributed by atoms with Gasteiger partial charge in [0.2, 0.25) is 0 Å². The molecule has 1 N–H and O–H groups in total. The molecule has 1 atom stereocenters. The van der Waals surface area contributed by atoms with Gasteiger partial charge in [0.15, 0.2) is 0 Å². The third kappa shape index (κ3) is 3.58. The van der Waals surface area contributed by atoms with Gasteiger partial charge in [-0.15, -0.1) is 0 Å². The first-order valence-electron chi connectivity index (χ1n) is 3.34. The lowest BCUT2D eigenvalue weighted by molar-refractivity contribution is 0.145. The Balaban J connectivity index is 3.87. The maximum atomic E-state index is 8.36. The van der Waals surface area contributed by atoms with E-state index in [9.17, 15) is 0 Å². The van der Waals surface area contributed by atoms with Crippen molar-refractivity contribution >= 4 is 5.71 Å². The smallest absolute Gasteiger partial charge is 0.0992 e. The Morgan fingerprint density at radius 1 is 1.82 bits per heavy atom. The quantitative estimate of drug-likeness (QED) is 0.377. The Bertz CT molecular complexity index is 172. The molecule has 0 heterocycles. The van der Waals surface area contributed by atoms with Gasteiger partial charge in [-0.05, 0) is 13.3 Å². The second kappa shape index (κ2) is 5.69. The van der Waals surface area contributed by atoms with Gasteiger partial charge < -0.3 is 9.94 Å². The van der Waals surface area contributed by atoms with E-state index >= 15 is 0 Å². The van der Waals surface area contributed by atoms with Crippen molar-refractivity contribution in [1.82, 2.24) is 0 Å². The van der Waals surface area contributed by atoms with E-state index in [1.54, 1.807) is 6.92 Å². The van der Waals surface area contributed by atoms with Crippen LogP contribution in [-0.4, -0.2) is 24.1 Å². The summed E-state index contributed by atoms with van der Waals surface area (Å²) >= 11 is 0. The van der Waals surface area contributed by atoms with Crippen molar-refractivity contribution in [2.24, 2.45) is 5.16 Å². The molecule has 0 aromatic heterocycles. The van der Waals surface area contributed by atoms with Crippen molar-refractivity contribution in [3.05, 3.63) is 0 Å². The summed E-state index contributed by atoms with van der Waals surface area (Å²) in [6.07, 6.45) is 0.744. The summed E-state index contributed by atoms with van der Waals surface area (Å²) < 4.78 is 4.96. The molecule has 0 bridgehead atoms. The molecule has 1 unspecified atom stereocenters. The minimum atomic E-state index is -0.236. The molecule has 0 aliphatic heterocycles. The van der Waals surface area contributed by atoms with Crippen LogP contribution in [0.1, 0.15) is 19.8 Å². The lowest BCUT2D eigenvalue weighted by atomic mass is 10.1. The largest absolute Gasteiger partial charge is 0.411 e. The Labute approximate surface area is 66.1 Å². The summed E-state index contributed by atoms with van der Waals surface area (Å²) in [4.78, 5) is 0. The molecule has 0 saturated heterocycles. The fraction of sp³-hybridized carbons (Fsp3) is 0.714. The molecule has 0 radical (unpaired) electrons. The van der Waals surface area contributed by atoms with Crippen molar-refractivity contribution in [3.8, 4) is 6.07 Å². The first kappa shape index (κ1) is 9.92. The van der Waals surface area contributed by atoms with Gasteiger partial charge in [0, 0.05) is 13.5 Å². The van der Waals surface area contributed by atoms with Crippen LogP contribution in [0.15, 0.2) is 5.16 Å². The highest BCUT2D eigenvalue weighted by atomic mass is 16.5. The van der Waals surface area contributed by atoms with Crippen molar-refractivity contribution in [3.63, 3.8) is 0 Å². The molecular formula is C7H12N2O2. The van der Waals surface area contributed by atoms with Gasteiger partial charge in [-0.2, -0.15) is 5.26 Å². The average Bonchev–Trinajstić information content (AvgIpc) is 2.05. The Morgan fingerprint density at radius 2 is 2.45 bits per heavy atom. The maximum Gasteiger partial charge on any atom is 0.0992 e. The number of rotatable bonds is 4. The van der Waals surface area contributed by atoms with Gasteiger partial charge in [0.1, 0.15) is 0 Å². The lowest BCUT2D eigenvalue weighted by Gasteiger charge is -2.10. The molecule has 4 heteroatoms. The maximum absolute atomic E-state index is 8.36. The van der Waals surface area contributed by atoms with Gasteiger partial charge in [-0.3, -0.25) is 0 Å². The van der Waals surface area contributed by atoms with E-state index < -0.39 is 0 Å². The van der Waals surface area contributed by atoms with Crippen LogP contribution < -0.4 is 0 Å². The molecular weight excluding hydrogens is 144 g/mol. The van der Waals surface area contributed by atoms with Gasteiger partial charge >= 0.3 is 0 Å². The third-order valence-electron chi connectivity index (χ3n) is 1.43. The highest BCUT2D eigenvalue weighted by Crippen LogP contribution is 2.02. The minimum absolute atomic E-state index is 0.236. The van der Waals surface area contributed by atoms with Crippen molar-refractivity contribution in [2.75, 3.05) is 7.11 Å².